The van der Waals surface area contributed by atoms with Crippen molar-refractivity contribution in [1.82, 2.24) is 15.1 Å². The number of nitrogens with zero attached hydrogens (tertiary/aromatic N) is 2. The summed E-state index contributed by atoms with van der Waals surface area (Å²) in [6, 6.07) is 7.53. The highest BCUT2D eigenvalue weighted by Crippen LogP contribution is 2.26. The largest absolute Gasteiger partial charge is 0.364 e. The fourth-order valence-corrected chi connectivity index (χ4v) is 3.24. The van der Waals surface area contributed by atoms with Gasteiger partial charge in [-0.05, 0) is 44.4 Å². The maximum atomic E-state index is 12.6. The molecule has 4 N–H and O–H groups in total. The summed E-state index contributed by atoms with van der Waals surface area (Å²) < 4.78 is 0. The summed E-state index contributed by atoms with van der Waals surface area (Å²) in [4.78, 5) is 25.6. The van der Waals surface area contributed by atoms with E-state index in [-0.39, 0.29) is 17.6 Å². The van der Waals surface area contributed by atoms with Crippen LogP contribution in [0.4, 0.5) is 10.5 Å². The van der Waals surface area contributed by atoms with Crippen LogP contribution in [0.2, 0.25) is 0 Å². The van der Waals surface area contributed by atoms with Gasteiger partial charge in [0.05, 0.1) is 0 Å². The Morgan fingerprint density at radius 3 is 2.80 bits per heavy atom. The molecule has 0 unspecified atom stereocenters. The number of hydrogen-bond acceptors (Lipinski definition) is 3. The second-order valence-corrected chi connectivity index (χ2v) is 6.61. The highest BCUT2D eigenvalue weighted by Gasteiger charge is 2.26. The Bertz CT molecular complexity index is 799. The van der Waals surface area contributed by atoms with Gasteiger partial charge in [0.1, 0.15) is 5.69 Å². The number of aromatic amines is 1. The molecule has 7 heteroatoms. The van der Waals surface area contributed by atoms with Gasteiger partial charge in [0.15, 0.2) is 0 Å². The van der Waals surface area contributed by atoms with Crippen LogP contribution in [0.5, 0.6) is 0 Å². The third-order valence-corrected chi connectivity index (χ3v) is 4.62. The number of urea groups is 1. The molecule has 0 spiro atoms. The number of nitrogens with two attached hydrogens (primary N) is 1. The smallest absolute Gasteiger partial charge is 0.321 e. The van der Waals surface area contributed by atoms with Gasteiger partial charge >= 0.3 is 6.03 Å². The van der Waals surface area contributed by atoms with Crippen LogP contribution in [0.15, 0.2) is 24.3 Å². The van der Waals surface area contributed by atoms with E-state index in [9.17, 15) is 9.59 Å². The molecule has 1 atom stereocenters. The van der Waals surface area contributed by atoms with Gasteiger partial charge in [0, 0.05) is 30.4 Å². The summed E-state index contributed by atoms with van der Waals surface area (Å²) in [6.07, 6.45) is 1.84. The van der Waals surface area contributed by atoms with Crippen molar-refractivity contribution in [2.45, 2.75) is 32.6 Å². The monoisotopic (exact) mass is 341 g/mol. The number of anilines is 1. The molecule has 3 rings (SSSR count). The van der Waals surface area contributed by atoms with Crippen molar-refractivity contribution in [2.24, 2.45) is 5.73 Å². The Labute approximate surface area is 146 Å². The van der Waals surface area contributed by atoms with Crippen LogP contribution in [-0.2, 0) is 0 Å². The lowest BCUT2D eigenvalue weighted by Gasteiger charge is -2.32. The summed E-state index contributed by atoms with van der Waals surface area (Å²) in [6.45, 7) is 5.30. The molecule has 1 aromatic carbocycles. The molecule has 0 radical (unpaired) electrons. The fraction of sp³-hybridized carbons (Fsp3) is 0.389. The zero-order valence-corrected chi connectivity index (χ0v) is 14.5. The molecule has 1 saturated heterocycles. The predicted molar refractivity (Wildman–Crippen MR) is 95.6 cm³/mol. The van der Waals surface area contributed by atoms with E-state index >= 15 is 0 Å². The van der Waals surface area contributed by atoms with Crippen LogP contribution >= 0.6 is 0 Å². The number of carbonyl (C=O) groups is 2. The first-order valence-electron chi connectivity index (χ1n) is 8.42. The summed E-state index contributed by atoms with van der Waals surface area (Å²) >= 11 is 0. The summed E-state index contributed by atoms with van der Waals surface area (Å²) in [5.74, 6) is -0.429. The number of rotatable bonds is 3. The molecule has 7 nitrogen and oxygen atoms in total. The number of nitrogens with one attached hydrogen (secondary N) is 2. The van der Waals surface area contributed by atoms with E-state index < -0.39 is 5.91 Å². The zero-order valence-electron chi connectivity index (χ0n) is 14.5. The maximum Gasteiger partial charge on any atom is 0.321 e. The first-order chi connectivity index (χ1) is 11.9. The van der Waals surface area contributed by atoms with Crippen molar-refractivity contribution in [3.63, 3.8) is 0 Å². The van der Waals surface area contributed by atoms with E-state index in [0.29, 0.717) is 13.1 Å². The summed E-state index contributed by atoms with van der Waals surface area (Å²) in [7, 11) is 0. The number of carbonyl (C=O) groups excluding carboxylic acids is 2. The molecule has 0 bridgehead atoms. The molecule has 1 aliphatic rings. The van der Waals surface area contributed by atoms with Gasteiger partial charge in [0.25, 0.3) is 5.91 Å². The van der Waals surface area contributed by atoms with Gasteiger partial charge in [-0.25, -0.2) is 4.79 Å². The minimum Gasteiger partial charge on any atom is -0.364 e. The minimum atomic E-state index is -0.553. The van der Waals surface area contributed by atoms with Crippen molar-refractivity contribution in [1.29, 1.82) is 0 Å². The van der Waals surface area contributed by atoms with Gasteiger partial charge in [-0.2, -0.15) is 5.10 Å². The number of piperidine rings is 1. The number of primary amides is 1. The van der Waals surface area contributed by atoms with Crippen LogP contribution in [0.3, 0.4) is 0 Å². The lowest BCUT2D eigenvalue weighted by atomic mass is 9.95. The summed E-state index contributed by atoms with van der Waals surface area (Å²) in [5.41, 5.74) is 9.36. The molecule has 2 aromatic rings. The molecule has 2 heterocycles. The number of H-pyrrole nitrogens is 1. The van der Waals surface area contributed by atoms with Crippen LogP contribution in [0, 0.1) is 13.8 Å². The van der Waals surface area contributed by atoms with E-state index in [1.165, 1.54) is 0 Å². The quantitative estimate of drug-likeness (QED) is 0.799. The third-order valence-electron chi connectivity index (χ3n) is 4.62. The molecule has 1 aromatic heterocycles. The molecule has 1 fully saturated rings. The molecule has 25 heavy (non-hydrogen) atoms. The van der Waals surface area contributed by atoms with Crippen LogP contribution in [-0.4, -0.2) is 40.1 Å². The number of amides is 3. The van der Waals surface area contributed by atoms with E-state index in [4.69, 9.17) is 5.73 Å². The van der Waals surface area contributed by atoms with Crippen molar-refractivity contribution in [3.05, 3.63) is 46.8 Å². The van der Waals surface area contributed by atoms with Crippen LogP contribution in [0.25, 0.3) is 0 Å². The molecule has 0 saturated carbocycles. The van der Waals surface area contributed by atoms with Gasteiger partial charge < -0.3 is 16.0 Å². The van der Waals surface area contributed by atoms with Crippen LogP contribution in [0.1, 0.15) is 46.1 Å². The fourth-order valence-electron chi connectivity index (χ4n) is 3.24. The maximum absolute atomic E-state index is 12.6. The van der Waals surface area contributed by atoms with Gasteiger partial charge in [0.2, 0.25) is 0 Å². The number of hydrogen-bond donors (Lipinski definition) is 3. The van der Waals surface area contributed by atoms with Gasteiger partial charge in [-0.15, -0.1) is 0 Å². The highest BCUT2D eigenvalue weighted by atomic mass is 16.2. The first-order valence-corrected chi connectivity index (χ1v) is 8.42. The van der Waals surface area contributed by atoms with Crippen molar-refractivity contribution < 1.29 is 9.59 Å². The Morgan fingerprint density at radius 2 is 2.12 bits per heavy atom. The average Bonchev–Trinajstić information content (AvgIpc) is 3.08. The second-order valence-electron chi connectivity index (χ2n) is 6.61. The van der Waals surface area contributed by atoms with E-state index in [1.807, 2.05) is 32.0 Å². The second kappa shape index (κ2) is 6.96. The van der Waals surface area contributed by atoms with Gasteiger partial charge in [-0.3, -0.25) is 9.89 Å². The molecule has 0 aliphatic carbocycles. The highest BCUT2D eigenvalue weighted by molar-refractivity contribution is 5.91. The van der Waals surface area contributed by atoms with E-state index in [1.54, 1.807) is 11.0 Å². The standard InChI is InChI=1S/C18H23N5O2/c1-11-5-6-14(12(2)8-11)20-18(25)23-7-3-4-13(10-23)15-9-16(17(19)24)22-21-15/h5-6,8-9,13H,3-4,7,10H2,1-2H3,(H2,19,24)(H,20,25)(H,21,22)/t13-/m1/s1. The average molecular weight is 341 g/mol. The lowest BCUT2D eigenvalue weighted by Crippen LogP contribution is -2.41. The number of benzene rings is 1. The zero-order chi connectivity index (χ0) is 18.0. The Morgan fingerprint density at radius 1 is 1.32 bits per heavy atom. The third kappa shape index (κ3) is 3.81. The van der Waals surface area contributed by atoms with Crippen LogP contribution < -0.4 is 11.1 Å². The Hall–Kier alpha value is -2.83. The predicted octanol–water partition coefficient (Wildman–Crippen LogP) is 2.54. The lowest BCUT2D eigenvalue weighted by molar-refractivity contribution is 0.0995. The molecule has 1 aliphatic heterocycles. The number of aromatic nitrogens is 2. The minimum absolute atomic E-state index is 0.105. The van der Waals surface area contributed by atoms with E-state index in [2.05, 4.69) is 15.5 Å². The summed E-state index contributed by atoms with van der Waals surface area (Å²) in [5, 5.41) is 9.79. The number of likely N-dealkylation sites (tertiary alicyclic amines) is 1. The molecular formula is C18H23N5O2. The van der Waals surface area contributed by atoms with Crippen molar-refractivity contribution in [2.75, 3.05) is 18.4 Å². The van der Waals surface area contributed by atoms with E-state index in [0.717, 1.165) is 35.3 Å². The van der Waals surface area contributed by atoms with Gasteiger partial charge in [-0.1, -0.05) is 17.7 Å². The molecule has 132 valence electrons. The van der Waals surface area contributed by atoms with Crippen molar-refractivity contribution in [3.8, 4) is 0 Å². The topological polar surface area (TPSA) is 104 Å². The first kappa shape index (κ1) is 17.0. The Balaban J connectivity index is 1.67. The Kier molecular flexibility index (Phi) is 4.74. The molecule has 3 amide bonds. The molecular weight excluding hydrogens is 318 g/mol. The number of aryl methyl sites for hydroxylation is 2. The SMILES string of the molecule is Cc1ccc(NC(=O)N2CCC[C@@H](c3cc(C(N)=O)n[nH]3)C2)c(C)c1. The normalized spacial score (nSPS) is 17.4. The van der Waals surface area contributed by atoms with Crippen molar-refractivity contribution >= 4 is 17.6 Å².